The second kappa shape index (κ2) is 6.02. The number of aliphatic hydroxyl groups is 1. The minimum absolute atomic E-state index is 0.207. The van der Waals surface area contributed by atoms with Crippen molar-refractivity contribution in [2.45, 2.75) is 53.1 Å². The lowest BCUT2D eigenvalue weighted by Gasteiger charge is -2.17. The Morgan fingerprint density at radius 3 is 2.36 bits per heavy atom. The van der Waals surface area contributed by atoms with Gasteiger partial charge in [0.05, 0.1) is 18.1 Å². The molecule has 3 heteroatoms. The minimum atomic E-state index is -0.449. The van der Waals surface area contributed by atoms with Gasteiger partial charge in [0.15, 0.2) is 0 Å². The van der Waals surface area contributed by atoms with Crippen molar-refractivity contribution >= 4 is 5.97 Å². The number of rotatable bonds is 5. The number of esters is 1. The summed E-state index contributed by atoms with van der Waals surface area (Å²) in [7, 11) is 0. The largest absolute Gasteiger partial charge is 0.465 e. The first-order valence-electron chi connectivity index (χ1n) is 5.23. The van der Waals surface area contributed by atoms with Gasteiger partial charge in [0.25, 0.3) is 0 Å². The van der Waals surface area contributed by atoms with E-state index in [4.69, 9.17) is 4.74 Å². The van der Waals surface area contributed by atoms with Gasteiger partial charge in [-0.15, -0.1) is 0 Å². The van der Waals surface area contributed by atoms with E-state index in [0.29, 0.717) is 13.0 Å². The molecule has 3 nitrogen and oxygen atoms in total. The lowest BCUT2D eigenvalue weighted by atomic mass is 9.97. The highest BCUT2D eigenvalue weighted by Gasteiger charge is 2.22. The second-order valence-electron chi connectivity index (χ2n) is 4.62. The van der Waals surface area contributed by atoms with E-state index in [0.717, 1.165) is 12.8 Å². The van der Waals surface area contributed by atoms with Crippen molar-refractivity contribution in [2.75, 3.05) is 6.61 Å². The Bertz CT molecular complexity index is 170. The van der Waals surface area contributed by atoms with Crippen molar-refractivity contribution < 1.29 is 14.6 Å². The van der Waals surface area contributed by atoms with Gasteiger partial charge in [0.1, 0.15) is 0 Å². The Hall–Kier alpha value is -0.570. The Balaban J connectivity index is 3.59. The number of ether oxygens (including phenoxy) is 1. The molecule has 0 amide bonds. The van der Waals surface area contributed by atoms with Crippen LogP contribution in [0.25, 0.3) is 0 Å². The van der Waals surface area contributed by atoms with Crippen LogP contribution in [0.2, 0.25) is 0 Å². The van der Waals surface area contributed by atoms with E-state index in [1.54, 1.807) is 0 Å². The molecule has 1 atom stereocenters. The fourth-order valence-electron chi connectivity index (χ4n) is 0.982. The minimum Gasteiger partial charge on any atom is -0.465 e. The van der Waals surface area contributed by atoms with E-state index in [-0.39, 0.29) is 12.1 Å². The summed E-state index contributed by atoms with van der Waals surface area (Å²) in [5.74, 6) is -0.207. The SMILES string of the molecule is CCCC(O)CCOC(=O)C(C)(C)C. The summed E-state index contributed by atoms with van der Waals surface area (Å²) < 4.78 is 5.02. The van der Waals surface area contributed by atoms with Crippen molar-refractivity contribution in [3.63, 3.8) is 0 Å². The third-order valence-corrected chi connectivity index (χ3v) is 1.92. The van der Waals surface area contributed by atoms with Crippen LogP contribution < -0.4 is 0 Å². The molecule has 1 N–H and O–H groups in total. The van der Waals surface area contributed by atoms with Crippen molar-refractivity contribution in [3.05, 3.63) is 0 Å². The maximum absolute atomic E-state index is 11.3. The Labute approximate surface area is 86.5 Å². The molecule has 1 unspecified atom stereocenters. The van der Waals surface area contributed by atoms with Crippen molar-refractivity contribution in [3.8, 4) is 0 Å². The van der Waals surface area contributed by atoms with Gasteiger partial charge >= 0.3 is 5.97 Å². The number of carbonyl (C=O) groups excluding carboxylic acids is 1. The van der Waals surface area contributed by atoms with Crippen LogP contribution >= 0.6 is 0 Å². The molecule has 0 rings (SSSR count). The summed E-state index contributed by atoms with van der Waals surface area (Å²) in [5.41, 5.74) is -0.449. The zero-order valence-corrected chi connectivity index (χ0v) is 9.67. The molecule has 0 aromatic carbocycles. The molecular weight excluding hydrogens is 180 g/mol. The summed E-state index contributed by atoms with van der Waals surface area (Å²) >= 11 is 0. The van der Waals surface area contributed by atoms with Crippen LogP contribution in [0.15, 0.2) is 0 Å². The van der Waals surface area contributed by atoms with Crippen molar-refractivity contribution in [1.29, 1.82) is 0 Å². The summed E-state index contributed by atoms with van der Waals surface area (Å²) in [6, 6.07) is 0. The third-order valence-electron chi connectivity index (χ3n) is 1.92. The molecule has 0 heterocycles. The predicted octanol–water partition coefficient (Wildman–Crippen LogP) is 2.13. The smallest absolute Gasteiger partial charge is 0.311 e. The quantitative estimate of drug-likeness (QED) is 0.695. The number of carbonyl (C=O) groups is 1. The average molecular weight is 202 g/mol. The molecule has 0 aliphatic rings. The monoisotopic (exact) mass is 202 g/mol. The molecule has 0 fully saturated rings. The highest BCUT2D eigenvalue weighted by atomic mass is 16.5. The normalized spacial score (nSPS) is 13.8. The number of aliphatic hydroxyl groups excluding tert-OH is 1. The van der Waals surface area contributed by atoms with Gasteiger partial charge in [0.2, 0.25) is 0 Å². The molecule has 0 aliphatic carbocycles. The summed E-state index contributed by atoms with van der Waals surface area (Å²) in [4.78, 5) is 11.3. The number of hydrogen-bond acceptors (Lipinski definition) is 3. The molecule has 0 aromatic heterocycles. The molecule has 0 spiro atoms. The Morgan fingerprint density at radius 1 is 1.36 bits per heavy atom. The first-order chi connectivity index (χ1) is 6.38. The van der Waals surface area contributed by atoms with Crippen LogP contribution in [-0.4, -0.2) is 23.8 Å². The fraction of sp³-hybridized carbons (Fsp3) is 0.909. The topological polar surface area (TPSA) is 46.5 Å². The van der Waals surface area contributed by atoms with Crippen molar-refractivity contribution in [1.82, 2.24) is 0 Å². The summed E-state index contributed by atoms with van der Waals surface area (Å²) in [5, 5.41) is 9.37. The standard InChI is InChI=1S/C11H22O3/c1-5-6-9(12)7-8-14-10(13)11(2,3)4/h9,12H,5-8H2,1-4H3. The maximum Gasteiger partial charge on any atom is 0.311 e. The van der Waals surface area contributed by atoms with Gasteiger partial charge in [0, 0.05) is 6.42 Å². The molecule has 0 saturated carbocycles. The zero-order valence-electron chi connectivity index (χ0n) is 9.67. The average Bonchev–Trinajstić information content (AvgIpc) is 2.02. The van der Waals surface area contributed by atoms with E-state index < -0.39 is 5.41 Å². The van der Waals surface area contributed by atoms with Crippen LogP contribution in [-0.2, 0) is 9.53 Å². The third kappa shape index (κ3) is 5.97. The van der Waals surface area contributed by atoms with Crippen LogP contribution in [0.4, 0.5) is 0 Å². The van der Waals surface area contributed by atoms with Crippen LogP contribution in [0.1, 0.15) is 47.0 Å². The Kier molecular flexibility index (Phi) is 5.77. The first kappa shape index (κ1) is 13.4. The molecule has 0 bridgehead atoms. The van der Waals surface area contributed by atoms with E-state index in [9.17, 15) is 9.90 Å². The van der Waals surface area contributed by atoms with E-state index in [1.165, 1.54) is 0 Å². The van der Waals surface area contributed by atoms with Gasteiger partial charge in [-0.2, -0.15) is 0 Å². The zero-order chi connectivity index (χ0) is 11.2. The molecule has 0 aliphatic heterocycles. The molecule has 0 saturated heterocycles. The van der Waals surface area contributed by atoms with Gasteiger partial charge in [-0.3, -0.25) is 4.79 Å². The van der Waals surface area contributed by atoms with Gasteiger partial charge in [-0.25, -0.2) is 0 Å². The summed E-state index contributed by atoms with van der Waals surface area (Å²) in [6.07, 6.45) is 1.92. The lowest BCUT2D eigenvalue weighted by Crippen LogP contribution is -2.24. The van der Waals surface area contributed by atoms with E-state index in [1.807, 2.05) is 27.7 Å². The summed E-state index contributed by atoms with van der Waals surface area (Å²) in [6.45, 7) is 7.79. The van der Waals surface area contributed by atoms with Crippen LogP contribution in [0.5, 0.6) is 0 Å². The highest BCUT2D eigenvalue weighted by molar-refractivity contribution is 5.75. The predicted molar refractivity (Wildman–Crippen MR) is 55.9 cm³/mol. The van der Waals surface area contributed by atoms with Crippen LogP contribution in [0.3, 0.4) is 0 Å². The molecule has 0 radical (unpaired) electrons. The first-order valence-corrected chi connectivity index (χ1v) is 5.23. The van der Waals surface area contributed by atoms with E-state index in [2.05, 4.69) is 0 Å². The molecule has 84 valence electrons. The highest BCUT2D eigenvalue weighted by Crippen LogP contribution is 2.15. The lowest BCUT2D eigenvalue weighted by molar-refractivity contribution is -0.153. The van der Waals surface area contributed by atoms with Crippen molar-refractivity contribution in [2.24, 2.45) is 5.41 Å². The maximum atomic E-state index is 11.3. The molecular formula is C11H22O3. The van der Waals surface area contributed by atoms with E-state index >= 15 is 0 Å². The fourth-order valence-corrected chi connectivity index (χ4v) is 0.982. The molecule has 14 heavy (non-hydrogen) atoms. The molecule has 0 aromatic rings. The van der Waals surface area contributed by atoms with Gasteiger partial charge in [-0.05, 0) is 27.2 Å². The Morgan fingerprint density at radius 2 is 1.93 bits per heavy atom. The second-order valence-corrected chi connectivity index (χ2v) is 4.62. The van der Waals surface area contributed by atoms with Crippen LogP contribution in [0, 0.1) is 5.41 Å². The number of hydrogen-bond donors (Lipinski definition) is 1. The van der Waals surface area contributed by atoms with Gasteiger partial charge < -0.3 is 9.84 Å². The van der Waals surface area contributed by atoms with Gasteiger partial charge in [-0.1, -0.05) is 13.3 Å².